The van der Waals surface area contributed by atoms with E-state index in [0.717, 1.165) is 6.42 Å². The molecule has 3 heteroatoms. The van der Waals surface area contributed by atoms with Gasteiger partial charge in [-0.1, -0.05) is 13.0 Å². The molecule has 0 aliphatic carbocycles. The van der Waals surface area contributed by atoms with E-state index in [0.29, 0.717) is 12.0 Å². The molecule has 0 saturated carbocycles. The monoisotopic (exact) mass is 233 g/mol. The third kappa shape index (κ3) is 3.40. The minimum Gasteiger partial charge on any atom is -0.507 e. The highest BCUT2D eigenvalue weighted by Crippen LogP contribution is 2.32. The van der Waals surface area contributed by atoms with Gasteiger partial charge in [0.15, 0.2) is 0 Å². The lowest BCUT2D eigenvalue weighted by molar-refractivity contribution is 0.396. The quantitative estimate of drug-likeness (QED) is 0.685. The Morgan fingerprint density at radius 3 is 2.41 bits per heavy atom. The largest absolute Gasteiger partial charge is 0.507 e. The number of terminal acetylenes is 1. The van der Waals surface area contributed by atoms with Crippen LogP contribution in [0.5, 0.6) is 11.5 Å². The van der Waals surface area contributed by atoms with Crippen molar-refractivity contribution in [1.29, 1.82) is 0 Å². The zero-order valence-corrected chi connectivity index (χ0v) is 10.3. The molecular weight excluding hydrogens is 214 g/mol. The molecule has 0 aliphatic rings. The molecule has 92 valence electrons. The summed E-state index contributed by atoms with van der Waals surface area (Å²) < 4.78 is 0. The van der Waals surface area contributed by atoms with Crippen molar-refractivity contribution in [3.05, 3.63) is 23.8 Å². The van der Waals surface area contributed by atoms with Gasteiger partial charge in [0.05, 0.1) is 5.56 Å². The average molecular weight is 233 g/mol. The number of phenols is 2. The fourth-order valence-corrected chi connectivity index (χ4v) is 1.89. The first-order chi connectivity index (χ1) is 8.10. The van der Waals surface area contributed by atoms with E-state index >= 15 is 0 Å². The van der Waals surface area contributed by atoms with Gasteiger partial charge in [-0.3, -0.25) is 0 Å². The van der Waals surface area contributed by atoms with E-state index in [-0.39, 0.29) is 23.6 Å². The molecule has 1 aromatic carbocycles. The second-order valence-corrected chi connectivity index (χ2v) is 4.11. The Kier molecular flexibility index (Phi) is 4.86. The van der Waals surface area contributed by atoms with Crippen molar-refractivity contribution in [1.82, 2.24) is 5.32 Å². The van der Waals surface area contributed by atoms with Gasteiger partial charge < -0.3 is 15.5 Å². The van der Waals surface area contributed by atoms with E-state index < -0.39 is 0 Å². The Morgan fingerprint density at radius 1 is 1.35 bits per heavy atom. The number of hydrogen-bond acceptors (Lipinski definition) is 3. The molecule has 0 aliphatic heterocycles. The number of rotatable bonds is 5. The highest BCUT2D eigenvalue weighted by molar-refractivity contribution is 5.44. The zero-order chi connectivity index (χ0) is 12.8. The Labute approximate surface area is 102 Å². The van der Waals surface area contributed by atoms with Crippen LogP contribution in [0.2, 0.25) is 0 Å². The summed E-state index contributed by atoms with van der Waals surface area (Å²) in [6.07, 6.45) is 6.83. The summed E-state index contributed by atoms with van der Waals surface area (Å²) in [7, 11) is 0. The molecule has 3 N–H and O–H groups in total. The zero-order valence-electron chi connectivity index (χ0n) is 10.3. The van der Waals surface area contributed by atoms with Gasteiger partial charge in [0, 0.05) is 18.5 Å². The molecule has 0 heterocycles. The van der Waals surface area contributed by atoms with E-state index in [1.165, 1.54) is 0 Å². The Morgan fingerprint density at radius 2 is 1.94 bits per heavy atom. The summed E-state index contributed by atoms with van der Waals surface area (Å²) in [6, 6.07) is 4.79. The second-order valence-electron chi connectivity index (χ2n) is 4.11. The molecule has 0 aromatic heterocycles. The molecule has 1 rings (SSSR count). The number of phenolic OH excluding ortho intramolecular Hbond substituents is 2. The molecule has 0 spiro atoms. The SMILES string of the molecule is C#CCC(CC)NC(C)c1c(O)cccc1O. The number of nitrogens with one attached hydrogen (secondary N) is 1. The minimum absolute atomic E-state index is 0.0977. The molecule has 0 saturated heterocycles. The highest BCUT2D eigenvalue weighted by Gasteiger charge is 2.17. The molecule has 1 aromatic rings. The lowest BCUT2D eigenvalue weighted by Crippen LogP contribution is -2.30. The van der Waals surface area contributed by atoms with Gasteiger partial charge in [0.25, 0.3) is 0 Å². The van der Waals surface area contributed by atoms with E-state index in [2.05, 4.69) is 11.2 Å². The molecule has 2 unspecified atom stereocenters. The van der Waals surface area contributed by atoms with Crippen LogP contribution in [-0.4, -0.2) is 16.3 Å². The first-order valence-electron chi connectivity index (χ1n) is 5.80. The Bertz CT molecular complexity index is 389. The van der Waals surface area contributed by atoms with Crippen molar-refractivity contribution in [3.8, 4) is 23.8 Å². The third-order valence-electron chi connectivity index (χ3n) is 2.84. The van der Waals surface area contributed by atoms with E-state index in [9.17, 15) is 10.2 Å². The van der Waals surface area contributed by atoms with E-state index in [1.54, 1.807) is 18.2 Å². The highest BCUT2D eigenvalue weighted by atomic mass is 16.3. The van der Waals surface area contributed by atoms with Crippen molar-refractivity contribution in [2.75, 3.05) is 0 Å². The van der Waals surface area contributed by atoms with Crippen LogP contribution >= 0.6 is 0 Å². The van der Waals surface area contributed by atoms with Gasteiger partial charge in [0.1, 0.15) is 11.5 Å². The lowest BCUT2D eigenvalue weighted by atomic mass is 10.0. The smallest absolute Gasteiger partial charge is 0.124 e. The Balaban J connectivity index is 2.82. The number of aromatic hydroxyl groups is 2. The summed E-state index contributed by atoms with van der Waals surface area (Å²) in [5, 5.41) is 22.8. The summed E-state index contributed by atoms with van der Waals surface area (Å²) in [4.78, 5) is 0. The molecule has 17 heavy (non-hydrogen) atoms. The summed E-state index contributed by atoms with van der Waals surface area (Å²) in [5.74, 6) is 2.81. The van der Waals surface area contributed by atoms with Crippen molar-refractivity contribution in [2.24, 2.45) is 0 Å². The van der Waals surface area contributed by atoms with Gasteiger partial charge in [-0.2, -0.15) is 0 Å². The van der Waals surface area contributed by atoms with Crippen LogP contribution in [-0.2, 0) is 0 Å². The van der Waals surface area contributed by atoms with Gasteiger partial charge in [0.2, 0.25) is 0 Å². The molecular formula is C14H19NO2. The van der Waals surface area contributed by atoms with Crippen LogP contribution in [0.1, 0.15) is 38.3 Å². The van der Waals surface area contributed by atoms with E-state index in [4.69, 9.17) is 6.42 Å². The van der Waals surface area contributed by atoms with Gasteiger partial charge in [-0.25, -0.2) is 0 Å². The van der Waals surface area contributed by atoms with Crippen LogP contribution in [0.15, 0.2) is 18.2 Å². The third-order valence-corrected chi connectivity index (χ3v) is 2.84. The van der Waals surface area contributed by atoms with Crippen molar-refractivity contribution >= 4 is 0 Å². The molecule has 0 radical (unpaired) electrons. The predicted octanol–water partition coefficient (Wildman–Crippen LogP) is 2.55. The average Bonchev–Trinajstić information content (AvgIpc) is 2.28. The molecule has 3 nitrogen and oxygen atoms in total. The van der Waals surface area contributed by atoms with Gasteiger partial charge >= 0.3 is 0 Å². The number of benzene rings is 1. The van der Waals surface area contributed by atoms with Crippen molar-refractivity contribution in [2.45, 2.75) is 38.8 Å². The maximum absolute atomic E-state index is 9.74. The summed E-state index contributed by atoms with van der Waals surface area (Å²) in [5.41, 5.74) is 0.517. The Hall–Kier alpha value is -1.66. The van der Waals surface area contributed by atoms with E-state index in [1.807, 2.05) is 13.8 Å². The fraction of sp³-hybridized carbons (Fsp3) is 0.429. The molecule has 0 amide bonds. The van der Waals surface area contributed by atoms with Crippen LogP contribution in [0, 0.1) is 12.3 Å². The maximum atomic E-state index is 9.74. The van der Waals surface area contributed by atoms with Gasteiger partial charge in [-0.15, -0.1) is 12.3 Å². The minimum atomic E-state index is -0.144. The van der Waals surface area contributed by atoms with Crippen LogP contribution in [0.4, 0.5) is 0 Å². The summed E-state index contributed by atoms with van der Waals surface area (Å²) in [6.45, 7) is 3.94. The molecule has 0 bridgehead atoms. The van der Waals surface area contributed by atoms with Gasteiger partial charge in [-0.05, 0) is 25.5 Å². The normalized spacial score (nSPS) is 13.9. The van der Waals surface area contributed by atoms with Crippen LogP contribution in [0.25, 0.3) is 0 Å². The molecule has 0 fully saturated rings. The second kappa shape index (κ2) is 6.17. The fourth-order valence-electron chi connectivity index (χ4n) is 1.89. The molecule has 2 atom stereocenters. The van der Waals surface area contributed by atoms with Crippen LogP contribution < -0.4 is 5.32 Å². The van der Waals surface area contributed by atoms with Crippen LogP contribution in [0.3, 0.4) is 0 Å². The summed E-state index contributed by atoms with van der Waals surface area (Å²) >= 11 is 0. The standard InChI is InChI=1S/C14H19NO2/c1-4-7-11(5-2)15-10(3)14-12(16)8-6-9-13(14)17/h1,6,8-11,15-17H,5,7H2,2-3H3. The first-order valence-corrected chi connectivity index (χ1v) is 5.80. The number of hydrogen-bond donors (Lipinski definition) is 3. The lowest BCUT2D eigenvalue weighted by Gasteiger charge is -2.22. The van der Waals surface area contributed by atoms with Crippen molar-refractivity contribution in [3.63, 3.8) is 0 Å². The topological polar surface area (TPSA) is 52.5 Å². The first kappa shape index (κ1) is 13.4. The van der Waals surface area contributed by atoms with Crippen molar-refractivity contribution < 1.29 is 10.2 Å². The predicted molar refractivity (Wildman–Crippen MR) is 68.9 cm³/mol. The maximum Gasteiger partial charge on any atom is 0.124 e.